The molecule has 0 bridgehead atoms. The van der Waals surface area contributed by atoms with Crippen molar-refractivity contribution in [3.8, 4) is 0 Å². The summed E-state index contributed by atoms with van der Waals surface area (Å²) in [6, 6.07) is 12.6. The molecule has 7 heteroatoms. The first kappa shape index (κ1) is 16.8. The largest absolute Gasteiger partial charge is 0.366 e. The van der Waals surface area contributed by atoms with Crippen LogP contribution in [0.5, 0.6) is 0 Å². The standard InChI is InChI=1S/C18H19FN4O2/c19-15-3-1-2-4-16(15)22-9-11-23(12-10-22)17(24)13-5-7-14(8-6-13)21-18(20)25/h1-8H,9-12H2,(H3,20,21,25). The number of benzene rings is 2. The number of amides is 3. The van der Waals surface area contributed by atoms with Crippen molar-refractivity contribution in [1.29, 1.82) is 0 Å². The Balaban J connectivity index is 1.61. The average Bonchev–Trinajstić information content (AvgIpc) is 2.62. The van der Waals surface area contributed by atoms with Gasteiger partial charge < -0.3 is 20.9 Å². The van der Waals surface area contributed by atoms with Crippen LogP contribution in [0.1, 0.15) is 10.4 Å². The van der Waals surface area contributed by atoms with Gasteiger partial charge >= 0.3 is 6.03 Å². The summed E-state index contributed by atoms with van der Waals surface area (Å²) in [6.07, 6.45) is 0. The second-order valence-electron chi connectivity index (χ2n) is 5.80. The van der Waals surface area contributed by atoms with Gasteiger partial charge in [0, 0.05) is 37.4 Å². The van der Waals surface area contributed by atoms with E-state index < -0.39 is 6.03 Å². The van der Waals surface area contributed by atoms with Gasteiger partial charge in [0.25, 0.3) is 5.91 Å². The molecule has 3 N–H and O–H groups in total. The molecular weight excluding hydrogens is 323 g/mol. The maximum absolute atomic E-state index is 13.9. The Hall–Kier alpha value is -3.09. The number of carbonyl (C=O) groups excluding carboxylic acids is 2. The maximum atomic E-state index is 13.9. The van der Waals surface area contributed by atoms with Crippen LogP contribution in [0, 0.1) is 5.82 Å². The first-order valence-corrected chi connectivity index (χ1v) is 8.00. The molecule has 1 aliphatic rings. The smallest absolute Gasteiger partial charge is 0.316 e. The molecule has 0 radical (unpaired) electrons. The van der Waals surface area contributed by atoms with Crippen molar-refractivity contribution in [2.45, 2.75) is 0 Å². The van der Waals surface area contributed by atoms with Gasteiger partial charge in [0.2, 0.25) is 0 Å². The van der Waals surface area contributed by atoms with Gasteiger partial charge in [0.05, 0.1) is 5.69 Å². The summed E-state index contributed by atoms with van der Waals surface area (Å²) >= 11 is 0. The van der Waals surface area contributed by atoms with E-state index in [2.05, 4.69) is 5.32 Å². The Morgan fingerprint density at radius 2 is 1.60 bits per heavy atom. The predicted molar refractivity (Wildman–Crippen MR) is 94.2 cm³/mol. The highest BCUT2D eigenvalue weighted by atomic mass is 19.1. The number of nitrogens with one attached hydrogen (secondary N) is 1. The highest BCUT2D eigenvalue weighted by molar-refractivity contribution is 5.95. The molecule has 3 amide bonds. The fourth-order valence-electron chi connectivity index (χ4n) is 2.88. The van der Waals surface area contributed by atoms with Crippen LogP contribution < -0.4 is 16.0 Å². The van der Waals surface area contributed by atoms with Gasteiger partial charge in [-0.2, -0.15) is 0 Å². The summed E-state index contributed by atoms with van der Waals surface area (Å²) in [7, 11) is 0. The Morgan fingerprint density at radius 3 is 2.20 bits per heavy atom. The number of primary amides is 1. The lowest BCUT2D eigenvalue weighted by molar-refractivity contribution is 0.0746. The lowest BCUT2D eigenvalue weighted by atomic mass is 10.1. The van der Waals surface area contributed by atoms with Crippen molar-refractivity contribution in [3.05, 3.63) is 59.9 Å². The van der Waals surface area contributed by atoms with E-state index in [1.165, 1.54) is 6.07 Å². The summed E-state index contributed by atoms with van der Waals surface area (Å²) in [5, 5.41) is 2.45. The maximum Gasteiger partial charge on any atom is 0.316 e. The van der Waals surface area contributed by atoms with Crippen LogP contribution in [-0.4, -0.2) is 43.0 Å². The third-order valence-corrected chi connectivity index (χ3v) is 4.16. The summed E-state index contributed by atoms with van der Waals surface area (Å²) < 4.78 is 13.9. The van der Waals surface area contributed by atoms with Gasteiger partial charge in [-0.15, -0.1) is 0 Å². The molecule has 1 saturated heterocycles. The number of nitrogens with zero attached hydrogens (tertiary/aromatic N) is 2. The fourth-order valence-corrected chi connectivity index (χ4v) is 2.88. The van der Waals surface area contributed by atoms with Gasteiger partial charge in [0.15, 0.2) is 0 Å². The average molecular weight is 342 g/mol. The molecule has 0 saturated carbocycles. The zero-order chi connectivity index (χ0) is 17.8. The van der Waals surface area contributed by atoms with E-state index in [-0.39, 0.29) is 11.7 Å². The number of hydrogen-bond donors (Lipinski definition) is 2. The van der Waals surface area contributed by atoms with Crippen LogP contribution in [-0.2, 0) is 0 Å². The van der Waals surface area contributed by atoms with Crippen molar-refractivity contribution in [3.63, 3.8) is 0 Å². The van der Waals surface area contributed by atoms with E-state index in [0.29, 0.717) is 43.1 Å². The lowest BCUT2D eigenvalue weighted by Gasteiger charge is -2.36. The molecule has 2 aromatic rings. The number of nitrogens with two attached hydrogens (primary N) is 1. The van der Waals surface area contributed by atoms with Gasteiger partial charge in [-0.3, -0.25) is 4.79 Å². The number of anilines is 2. The molecule has 2 aromatic carbocycles. The molecule has 0 aliphatic carbocycles. The van der Waals surface area contributed by atoms with Crippen molar-refractivity contribution < 1.29 is 14.0 Å². The SMILES string of the molecule is NC(=O)Nc1ccc(C(=O)N2CCN(c3ccccc3F)CC2)cc1. The predicted octanol–water partition coefficient (Wildman–Crippen LogP) is 2.28. The third kappa shape index (κ3) is 3.88. The number of hydrogen-bond acceptors (Lipinski definition) is 3. The normalized spacial score (nSPS) is 14.3. The van der Waals surface area contributed by atoms with Crippen LogP contribution in [0.2, 0.25) is 0 Å². The van der Waals surface area contributed by atoms with Gasteiger partial charge in [-0.05, 0) is 36.4 Å². The Bertz CT molecular complexity index is 771. The molecule has 0 unspecified atom stereocenters. The van der Waals surface area contributed by atoms with Gasteiger partial charge in [-0.25, -0.2) is 9.18 Å². The lowest BCUT2D eigenvalue weighted by Crippen LogP contribution is -2.49. The molecule has 0 atom stereocenters. The molecule has 25 heavy (non-hydrogen) atoms. The van der Waals surface area contributed by atoms with E-state index in [1.54, 1.807) is 47.4 Å². The van der Waals surface area contributed by atoms with E-state index in [4.69, 9.17) is 5.73 Å². The first-order chi connectivity index (χ1) is 12.0. The Kier molecular flexibility index (Phi) is 4.83. The van der Waals surface area contributed by atoms with E-state index in [9.17, 15) is 14.0 Å². The van der Waals surface area contributed by atoms with E-state index >= 15 is 0 Å². The molecule has 1 heterocycles. The van der Waals surface area contributed by atoms with Crippen molar-refractivity contribution >= 4 is 23.3 Å². The molecular formula is C18H19FN4O2. The van der Waals surface area contributed by atoms with Crippen LogP contribution in [0.3, 0.4) is 0 Å². The minimum atomic E-state index is -0.650. The van der Waals surface area contributed by atoms with Crippen molar-refractivity contribution in [1.82, 2.24) is 4.90 Å². The number of urea groups is 1. The van der Waals surface area contributed by atoms with Crippen molar-refractivity contribution in [2.24, 2.45) is 5.73 Å². The molecule has 1 fully saturated rings. The van der Waals surface area contributed by atoms with Crippen LogP contribution in [0.15, 0.2) is 48.5 Å². The Labute approximate surface area is 145 Å². The topological polar surface area (TPSA) is 78.7 Å². The summed E-state index contributed by atoms with van der Waals surface area (Å²) in [5.41, 5.74) is 6.69. The highest BCUT2D eigenvalue weighted by Gasteiger charge is 2.23. The molecule has 0 spiro atoms. The second kappa shape index (κ2) is 7.21. The first-order valence-electron chi connectivity index (χ1n) is 8.00. The second-order valence-corrected chi connectivity index (χ2v) is 5.80. The summed E-state index contributed by atoms with van der Waals surface area (Å²) in [4.78, 5) is 27.1. The van der Waals surface area contributed by atoms with Crippen LogP contribution in [0.25, 0.3) is 0 Å². The van der Waals surface area contributed by atoms with Crippen molar-refractivity contribution in [2.75, 3.05) is 36.4 Å². The molecule has 6 nitrogen and oxygen atoms in total. The third-order valence-electron chi connectivity index (χ3n) is 4.16. The minimum Gasteiger partial charge on any atom is -0.366 e. The summed E-state index contributed by atoms with van der Waals surface area (Å²) in [6.45, 7) is 2.20. The zero-order valence-corrected chi connectivity index (χ0v) is 13.6. The monoisotopic (exact) mass is 342 g/mol. The minimum absolute atomic E-state index is 0.0844. The summed E-state index contributed by atoms with van der Waals surface area (Å²) in [5.74, 6) is -0.335. The molecule has 130 valence electrons. The number of carbonyl (C=O) groups is 2. The zero-order valence-electron chi connectivity index (χ0n) is 13.6. The quantitative estimate of drug-likeness (QED) is 0.898. The highest BCUT2D eigenvalue weighted by Crippen LogP contribution is 2.21. The van der Waals surface area contributed by atoms with E-state index in [0.717, 1.165) is 0 Å². The molecule has 3 rings (SSSR count). The fraction of sp³-hybridized carbons (Fsp3) is 0.222. The molecule has 0 aromatic heterocycles. The number of rotatable bonds is 3. The number of para-hydroxylation sites is 1. The van der Waals surface area contributed by atoms with Crippen LogP contribution in [0.4, 0.5) is 20.6 Å². The van der Waals surface area contributed by atoms with Gasteiger partial charge in [-0.1, -0.05) is 12.1 Å². The van der Waals surface area contributed by atoms with Gasteiger partial charge in [0.1, 0.15) is 5.82 Å². The van der Waals surface area contributed by atoms with E-state index in [1.807, 2.05) is 4.90 Å². The number of halogens is 1. The van der Waals surface area contributed by atoms with Crippen LogP contribution >= 0.6 is 0 Å². The Morgan fingerprint density at radius 1 is 0.960 bits per heavy atom. The number of piperazine rings is 1. The molecule has 1 aliphatic heterocycles.